The van der Waals surface area contributed by atoms with Gasteiger partial charge in [0.1, 0.15) is 18.1 Å². The molecule has 26 heavy (non-hydrogen) atoms. The van der Waals surface area contributed by atoms with Gasteiger partial charge in [-0.25, -0.2) is 4.68 Å². The number of ether oxygens (including phenoxy) is 2. The summed E-state index contributed by atoms with van der Waals surface area (Å²) in [7, 11) is 1.64. The number of nitrogens with zero attached hydrogens (tertiary/aromatic N) is 3. The number of hydrogen-bond acceptors (Lipinski definition) is 6. The molecule has 0 amide bonds. The predicted octanol–water partition coefficient (Wildman–Crippen LogP) is 3.73. The van der Waals surface area contributed by atoms with Gasteiger partial charge in [0, 0.05) is 24.2 Å². The van der Waals surface area contributed by atoms with Crippen LogP contribution in [0.15, 0.2) is 52.9 Å². The summed E-state index contributed by atoms with van der Waals surface area (Å²) in [5.74, 6) is 2.23. The first-order valence-electron chi connectivity index (χ1n) is 8.38. The molecule has 0 fully saturated rings. The largest absolute Gasteiger partial charge is 0.497 e. The summed E-state index contributed by atoms with van der Waals surface area (Å²) in [6, 6.07) is 15.6. The van der Waals surface area contributed by atoms with Gasteiger partial charge in [0.25, 0.3) is 4.84 Å². The molecule has 0 aliphatic carbocycles. The molecule has 1 aliphatic heterocycles. The van der Waals surface area contributed by atoms with Crippen LogP contribution in [0.4, 0.5) is 0 Å². The van der Waals surface area contributed by atoms with E-state index in [0.29, 0.717) is 24.0 Å². The van der Waals surface area contributed by atoms with Crippen LogP contribution in [0.1, 0.15) is 5.56 Å². The van der Waals surface area contributed by atoms with Crippen LogP contribution < -0.4 is 9.47 Å². The highest BCUT2D eigenvalue weighted by Gasteiger charge is 2.17. The summed E-state index contributed by atoms with van der Waals surface area (Å²) in [6.07, 6.45) is 0. The van der Waals surface area contributed by atoms with Crippen molar-refractivity contribution in [2.45, 2.75) is 13.2 Å². The first-order valence-corrected chi connectivity index (χ1v) is 8.79. The number of methoxy groups -OCH3 is 1. The Hall–Kier alpha value is -2.64. The van der Waals surface area contributed by atoms with Crippen molar-refractivity contribution in [3.63, 3.8) is 0 Å². The van der Waals surface area contributed by atoms with E-state index in [-0.39, 0.29) is 0 Å². The summed E-state index contributed by atoms with van der Waals surface area (Å²) in [5, 5.41) is 4.54. The highest BCUT2D eigenvalue weighted by atomic mass is 32.1. The number of aromatic nitrogens is 2. The second-order valence-electron chi connectivity index (χ2n) is 6.05. The van der Waals surface area contributed by atoms with Gasteiger partial charge in [0.15, 0.2) is 0 Å². The summed E-state index contributed by atoms with van der Waals surface area (Å²) in [6.45, 7) is 2.76. The maximum absolute atomic E-state index is 5.81. The van der Waals surface area contributed by atoms with E-state index < -0.39 is 0 Å². The van der Waals surface area contributed by atoms with Crippen LogP contribution in [-0.2, 0) is 13.2 Å². The Morgan fingerprint density at radius 1 is 1.15 bits per heavy atom. The fourth-order valence-corrected chi connectivity index (χ4v) is 3.11. The molecule has 0 atom stereocenters. The molecule has 1 aliphatic rings. The molecule has 4 rings (SSSR count). The van der Waals surface area contributed by atoms with E-state index >= 15 is 0 Å². The van der Waals surface area contributed by atoms with E-state index in [4.69, 9.17) is 26.1 Å². The normalized spacial score (nSPS) is 14.3. The molecular formula is C19H19N3O3S. The lowest BCUT2D eigenvalue weighted by molar-refractivity contribution is 0.175. The van der Waals surface area contributed by atoms with Crippen LogP contribution >= 0.6 is 12.2 Å². The molecule has 1 aromatic heterocycles. The van der Waals surface area contributed by atoms with E-state index in [9.17, 15) is 0 Å². The average Bonchev–Trinajstić information content (AvgIpc) is 2.90. The molecule has 0 unspecified atom stereocenters. The molecule has 0 spiro atoms. The van der Waals surface area contributed by atoms with E-state index in [0.717, 1.165) is 35.7 Å². The molecule has 6 nitrogen and oxygen atoms in total. The van der Waals surface area contributed by atoms with Crippen molar-refractivity contribution in [1.82, 2.24) is 14.7 Å². The summed E-state index contributed by atoms with van der Waals surface area (Å²) >= 11 is 5.35. The Bertz CT molecular complexity index is 949. The molecule has 2 heterocycles. The molecule has 0 saturated carbocycles. The summed E-state index contributed by atoms with van der Waals surface area (Å²) < 4.78 is 18.4. The van der Waals surface area contributed by atoms with Crippen LogP contribution in [-0.4, -0.2) is 34.9 Å². The highest BCUT2D eigenvalue weighted by Crippen LogP contribution is 2.24. The van der Waals surface area contributed by atoms with E-state index in [1.54, 1.807) is 11.8 Å². The number of fused-ring (bicyclic) bond motifs is 1. The molecule has 134 valence electrons. The second-order valence-corrected chi connectivity index (χ2v) is 6.40. The van der Waals surface area contributed by atoms with Crippen molar-refractivity contribution in [2.24, 2.45) is 0 Å². The minimum atomic E-state index is 0.356. The van der Waals surface area contributed by atoms with Crippen LogP contribution in [0, 0.1) is 4.84 Å². The van der Waals surface area contributed by atoms with Crippen LogP contribution in [0.2, 0.25) is 0 Å². The van der Waals surface area contributed by atoms with Gasteiger partial charge in [-0.15, -0.1) is 5.10 Å². The lowest BCUT2D eigenvalue weighted by Gasteiger charge is -2.18. The second kappa shape index (κ2) is 7.31. The summed E-state index contributed by atoms with van der Waals surface area (Å²) in [4.78, 5) is 2.59. The topological polar surface area (TPSA) is 52.7 Å². The molecule has 2 aromatic carbocycles. The molecule has 0 saturated heterocycles. The maximum atomic E-state index is 5.81. The van der Waals surface area contributed by atoms with Crippen molar-refractivity contribution in [3.8, 4) is 23.0 Å². The van der Waals surface area contributed by atoms with Crippen molar-refractivity contribution in [2.75, 3.05) is 20.3 Å². The maximum Gasteiger partial charge on any atom is 0.288 e. The van der Waals surface area contributed by atoms with Gasteiger partial charge in [0.05, 0.1) is 13.8 Å². The minimum absolute atomic E-state index is 0.356. The lowest BCUT2D eigenvalue weighted by Crippen LogP contribution is -2.28. The minimum Gasteiger partial charge on any atom is -0.497 e. The third kappa shape index (κ3) is 3.49. The molecular weight excluding hydrogens is 350 g/mol. The van der Waals surface area contributed by atoms with Gasteiger partial charge < -0.3 is 13.9 Å². The monoisotopic (exact) mass is 369 g/mol. The quantitative estimate of drug-likeness (QED) is 0.653. The lowest BCUT2D eigenvalue weighted by atomic mass is 10.2. The van der Waals surface area contributed by atoms with Crippen molar-refractivity contribution in [3.05, 3.63) is 58.9 Å². The third-order valence-electron chi connectivity index (χ3n) is 4.31. The van der Waals surface area contributed by atoms with E-state index in [2.05, 4.69) is 16.1 Å². The third-order valence-corrected chi connectivity index (χ3v) is 4.60. The van der Waals surface area contributed by atoms with Crippen LogP contribution in [0.5, 0.6) is 11.5 Å². The number of benzene rings is 2. The molecule has 0 bridgehead atoms. The molecule has 3 aromatic rings. The summed E-state index contributed by atoms with van der Waals surface area (Å²) in [5.41, 5.74) is 2.02. The van der Waals surface area contributed by atoms with Crippen LogP contribution in [0.3, 0.4) is 0 Å². The predicted molar refractivity (Wildman–Crippen MR) is 99.7 cm³/mol. The zero-order valence-electron chi connectivity index (χ0n) is 14.4. The van der Waals surface area contributed by atoms with Crippen molar-refractivity contribution < 1.29 is 13.9 Å². The zero-order chi connectivity index (χ0) is 17.9. The standard InChI is InChI=1S/C19H19N3O3S/c1-23-16-8-6-14(7-9-16)18-20-22(19(26)25-18)13-21-10-11-24-17-5-3-2-4-15(17)12-21/h2-9H,10-13H2,1H3. The Balaban J connectivity index is 1.53. The Morgan fingerprint density at radius 3 is 2.77 bits per heavy atom. The molecule has 0 N–H and O–H groups in total. The fourth-order valence-electron chi connectivity index (χ4n) is 2.94. The highest BCUT2D eigenvalue weighted by molar-refractivity contribution is 7.71. The molecule has 7 heteroatoms. The van der Waals surface area contributed by atoms with Gasteiger partial charge in [-0.2, -0.15) is 0 Å². The molecule has 0 radical (unpaired) electrons. The van der Waals surface area contributed by atoms with Gasteiger partial charge in [0.2, 0.25) is 5.89 Å². The smallest absolute Gasteiger partial charge is 0.288 e. The van der Waals surface area contributed by atoms with Gasteiger partial charge in [-0.05, 0) is 42.5 Å². The van der Waals surface area contributed by atoms with E-state index in [1.165, 1.54) is 0 Å². The van der Waals surface area contributed by atoms with Gasteiger partial charge in [-0.1, -0.05) is 18.2 Å². The Kier molecular flexibility index (Phi) is 4.73. The number of para-hydroxylation sites is 1. The first-order chi connectivity index (χ1) is 12.7. The van der Waals surface area contributed by atoms with Gasteiger partial charge >= 0.3 is 0 Å². The van der Waals surface area contributed by atoms with Crippen molar-refractivity contribution >= 4 is 12.2 Å². The number of rotatable bonds is 4. The van der Waals surface area contributed by atoms with Crippen LogP contribution in [0.25, 0.3) is 11.5 Å². The fraction of sp³-hybridized carbons (Fsp3) is 0.263. The Morgan fingerprint density at radius 2 is 1.96 bits per heavy atom. The first kappa shape index (κ1) is 16.8. The van der Waals surface area contributed by atoms with Crippen molar-refractivity contribution in [1.29, 1.82) is 0 Å². The average molecular weight is 369 g/mol. The zero-order valence-corrected chi connectivity index (χ0v) is 15.2. The number of hydrogen-bond donors (Lipinski definition) is 0. The Labute approximate surface area is 156 Å². The SMILES string of the molecule is COc1ccc(-c2nn(CN3CCOc4ccccc4C3)c(=S)o2)cc1. The van der Waals surface area contributed by atoms with Gasteiger partial charge in [-0.3, -0.25) is 4.90 Å². The van der Waals surface area contributed by atoms with E-state index in [1.807, 2.05) is 42.5 Å².